The van der Waals surface area contributed by atoms with E-state index >= 15 is 0 Å². The minimum Gasteiger partial charge on any atom is -0.376 e. The summed E-state index contributed by atoms with van der Waals surface area (Å²) in [5.41, 5.74) is 0. The van der Waals surface area contributed by atoms with Crippen LogP contribution in [0, 0.1) is 11.8 Å². The number of amides is 1. The van der Waals surface area contributed by atoms with E-state index in [1.165, 1.54) is 0 Å². The van der Waals surface area contributed by atoms with Gasteiger partial charge in [-0.3, -0.25) is 4.79 Å². The zero-order valence-corrected chi connectivity index (χ0v) is 11.5. The van der Waals surface area contributed by atoms with Gasteiger partial charge in [0.2, 0.25) is 5.91 Å². The SMILES string of the molecule is C[C@@H]1CC(CNC(=O)[C@@H]2CC=CCC2)C[C@@H](C)O1. The van der Waals surface area contributed by atoms with E-state index in [0.717, 1.165) is 38.6 Å². The normalized spacial score (nSPS) is 36.3. The van der Waals surface area contributed by atoms with Crippen molar-refractivity contribution in [1.29, 1.82) is 0 Å². The van der Waals surface area contributed by atoms with Crippen LogP contribution in [-0.2, 0) is 9.53 Å². The van der Waals surface area contributed by atoms with Crippen LogP contribution in [0.1, 0.15) is 46.0 Å². The number of hydrogen-bond donors (Lipinski definition) is 1. The van der Waals surface area contributed by atoms with Crippen LogP contribution < -0.4 is 5.32 Å². The van der Waals surface area contributed by atoms with Gasteiger partial charge in [0.25, 0.3) is 0 Å². The fourth-order valence-electron chi connectivity index (χ4n) is 3.13. The van der Waals surface area contributed by atoms with Crippen molar-refractivity contribution in [1.82, 2.24) is 5.32 Å². The summed E-state index contributed by atoms with van der Waals surface area (Å²) in [6.07, 6.45) is 10.0. The van der Waals surface area contributed by atoms with Gasteiger partial charge in [0.1, 0.15) is 0 Å². The van der Waals surface area contributed by atoms with Crippen molar-refractivity contribution in [2.24, 2.45) is 11.8 Å². The first-order valence-corrected chi connectivity index (χ1v) is 7.23. The lowest BCUT2D eigenvalue weighted by atomic mass is 9.91. The molecule has 2 aliphatic rings. The Balaban J connectivity index is 1.73. The smallest absolute Gasteiger partial charge is 0.223 e. The fourth-order valence-corrected chi connectivity index (χ4v) is 3.13. The molecule has 1 heterocycles. The van der Waals surface area contributed by atoms with E-state index in [1.807, 2.05) is 0 Å². The molecule has 1 fully saturated rings. The first kappa shape index (κ1) is 13.6. The summed E-state index contributed by atoms with van der Waals surface area (Å²) < 4.78 is 5.72. The van der Waals surface area contributed by atoms with Crippen LogP contribution in [0.2, 0.25) is 0 Å². The molecule has 0 spiro atoms. The van der Waals surface area contributed by atoms with Gasteiger partial charge in [-0.2, -0.15) is 0 Å². The van der Waals surface area contributed by atoms with Crippen LogP contribution in [0.15, 0.2) is 12.2 Å². The van der Waals surface area contributed by atoms with Gasteiger partial charge < -0.3 is 10.1 Å². The molecule has 3 nitrogen and oxygen atoms in total. The van der Waals surface area contributed by atoms with Gasteiger partial charge in [-0.25, -0.2) is 0 Å². The summed E-state index contributed by atoms with van der Waals surface area (Å²) in [6, 6.07) is 0. The number of rotatable bonds is 3. The summed E-state index contributed by atoms with van der Waals surface area (Å²) in [4.78, 5) is 12.0. The topological polar surface area (TPSA) is 38.3 Å². The molecule has 3 heteroatoms. The lowest BCUT2D eigenvalue weighted by Crippen LogP contribution is -2.39. The Hall–Kier alpha value is -0.830. The van der Waals surface area contributed by atoms with Crippen molar-refractivity contribution in [2.75, 3.05) is 6.54 Å². The van der Waals surface area contributed by atoms with Gasteiger partial charge in [-0.15, -0.1) is 0 Å². The zero-order valence-electron chi connectivity index (χ0n) is 11.5. The van der Waals surface area contributed by atoms with E-state index in [4.69, 9.17) is 4.74 Å². The monoisotopic (exact) mass is 251 g/mol. The highest BCUT2D eigenvalue weighted by atomic mass is 16.5. The number of nitrogens with one attached hydrogen (secondary N) is 1. The molecule has 0 aromatic heterocycles. The van der Waals surface area contributed by atoms with E-state index in [1.54, 1.807) is 0 Å². The van der Waals surface area contributed by atoms with Crippen molar-refractivity contribution >= 4 is 5.91 Å². The molecule has 3 atom stereocenters. The molecule has 0 bridgehead atoms. The molecule has 1 aliphatic carbocycles. The maximum absolute atomic E-state index is 12.0. The van der Waals surface area contributed by atoms with Gasteiger partial charge in [0.05, 0.1) is 12.2 Å². The largest absolute Gasteiger partial charge is 0.376 e. The summed E-state index contributed by atoms with van der Waals surface area (Å²) >= 11 is 0. The second kappa shape index (κ2) is 6.37. The van der Waals surface area contributed by atoms with Crippen LogP contribution in [-0.4, -0.2) is 24.7 Å². The Morgan fingerprint density at radius 3 is 2.61 bits per heavy atom. The van der Waals surface area contributed by atoms with E-state index in [9.17, 15) is 4.79 Å². The maximum atomic E-state index is 12.0. The van der Waals surface area contributed by atoms with E-state index in [0.29, 0.717) is 18.1 Å². The third kappa shape index (κ3) is 3.84. The quantitative estimate of drug-likeness (QED) is 0.783. The van der Waals surface area contributed by atoms with Gasteiger partial charge in [-0.1, -0.05) is 12.2 Å². The predicted molar refractivity (Wildman–Crippen MR) is 72.2 cm³/mol. The summed E-state index contributed by atoms with van der Waals surface area (Å²) in [7, 11) is 0. The Labute approximate surface area is 110 Å². The van der Waals surface area contributed by atoms with Crippen molar-refractivity contribution < 1.29 is 9.53 Å². The lowest BCUT2D eigenvalue weighted by molar-refractivity contribution is -0.126. The Morgan fingerprint density at radius 2 is 2.00 bits per heavy atom. The Kier molecular flexibility index (Phi) is 4.81. The van der Waals surface area contributed by atoms with Crippen LogP contribution in [0.5, 0.6) is 0 Å². The molecule has 0 unspecified atom stereocenters. The second-order valence-electron chi connectivity index (χ2n) is 5.82. The molecule has 102 valence electrons. The van der Waals surface area contributed by atoms with Gasteiger partial charge in [-0.05, 0) is 51.9 Å². The number of carbonyl (C=O) groups is 1. The summed E-state index contributed by atoms with van der Waals surface area (Å²) in [6.45, 7) is 5.06. The predicted octanol–water partition coefficient (Wildman–Crippen LogP) is 2.66. The van der Waals surface area contributed by atoms with E-state index in [2.05, 4.69) is 31.3 Å². The Morgan fingerprint density at radius 1 is 1.28 bits per heavy atom. The average molecular weight is 251 g/mol. The Bertz CT molecular complexity index is 304. The number of allylic oxidation sites excluding steroid dienone is 2. The molecular weight excluding hydrogens is 226 g/mol. The van der Waals surface area contributed by atoms with Gasteiger partial charge in [0.15, 0.2) is 0 Å². The highest BCUT2D eigenvalue weighted by Gasteiger charge is 2.25. The number of hydrogen-bond acceptors (Lipinski definition) is 2. The molecular formula is C15H25NO2. The molecule has 0 saturated carbocycles. The first-order valence-electron chi connectivity index (χ1n) is 7.23. The summed E-state index contributed by atoms with van der Waals surface area (Å²) in [5, 5.41) is 3.13. The van der Waals surface area contributed by atoms with Crippen LogP contribution in [0.4, 0.5) is 0 Å². The van der Waals surface area contributed by atoms with Crippen LogP contribution in [0.25, 0.3) is 0 Å². The van der Waals surface area contributed by atoms with Crippen LogP contribution in [0.3, 0.4) is 0 Å². The van der Waals surface area contributed by atoms with Crippen molar-refractivity contribution in [2.45, 2.75) is 58.2 Å². The summed E-state index contributed by atoms with van der Waals surface area (Å²) in [5.74, 6) is 1.02. The van der Waals surface area contributed by atoms with E-state index in [-0.39, 0.29) is 11.8 Å². The van der Waals surface area contributed by atoms with Gasteiger partial charge in [0, 0.05) is 12.5 Å². The van der Waals surface area contributed by atoms with Crippen molar-refractivity contribution in [3.8, 4) is 0 Å². The fraction of sp³-hybridized carbons (Fsp3) is 0.800. The number of carbonyl (C=O) groups excluding carboxylic acids is 1. The lowest BCUT2D eigenvalue weighted by Gasteiger charge is -2.32. The zero-order chi connectivity index (χ0) is 13.0. The highest BCUT2D eigenvalue weighted by Crippen LogP contribution is 2.24. The molecule has 0 radical (unpaired) electrons. The van der Waals surface area contributed by atoms with E-state index < -0.39 is 0 Å². The molecule has 1 N–H and O–H groups in total. The molecule has 1 amide bonds. The highest BCUT2D eigenvalue weighted by molar-refractivity contribution is 5.78. The minimum atomic E-state index is 0.199. The first-order chi connectivity index (χ1) is 8.65. The molecule has 1 saturated heterocycles. The molecule has 18 heavy (non-hydrogen) atoms. The molecule has 1 aliphatic heterocycles. The van der Waals surface area contributed by atoms with Crippen LogP contribution >= 0.6 is 0 Å². The number of ether oxygens (including phenoxy) is 1. The van der Waals surface area contributed by atoms with Crippen molar-refractivity contribution in [3.63, 3.8) is 0 Å². The van der Waals surface area contributed by atoms with Crippen molar-refractivity contribution in [3.05, 3.63) is 12.2 Å². The standard InChI is InChI=1S/C15H25NO2/c1-11-8-13(9-12(2)18-11)10-16-15(17)14-6-4-3-5-7-14/h3-4,11-14H,5-10H2,1-2H3,(H,16,17)/t11-,12-,14-/m1/s1. The molecule has 0 aromatic rings. The molecule has 2 rings (SSSR count). The molecule has 0 aromatic carbocycles. The average Bonchev–Trinajstić information content (AvgIpc) is 2.36. The van der Waals surface area contributed by atoms with Gasteiger partial charge >= 0.3 is 0 Å². The third-order valence-corrected chi connectivity index (χ3v) is 4.00. The third-order valence-electron chi connectivity index (χ3n) is 4.00. The minimum absolute atomic E-state index is 0.199. The maximum Gasteiger partial charge on any atom is 0.223 e. The second-order valence-corrected chi connectivity index (χ2v) is 5.82.